The molecule has 1 aliphatic rings. The quantitative estimate of drug-likeness (QED) is 0.703. The largest absolute Gasteiger partial charge is 0.403 e. The molecule has 0 saturated carbocycles. The van der Waals surface area contributed by atoms with Crippen molar-refractivity contribution in [1.82, 2.24) is 14.5 Å². The van der Waals surface area contributed by atoms with E-state index in [1.54, 1.807) is 24.3 Å². The predicted molar refractivity (Wildman–Crippen MR) is 104 cm³/mol. The summed E-state index contributed by atoms with van der Waals surface area (Å²) in [7, 11) is -3.53. The standard InChI is InChI=1S/C19H20N4O4S/c1-14-3-2-4-16(13-14)20-19-22-21-18(27-19)15-5-7-17(8-6-15)28(24,25)23-9-11-26-12-10-23/h2-8,13H,9-12H2,1H3,(H,20,22). The van der Waals surface area contributed by atoms with Gasteiger partial charge in [-0.15, -0.1) is 5.10 Å². The highest BCUT2D eigenvalue weighted by Gasteiger charge is 2.26. The number of morpholine rings is 1. The molecule has 146 valence electrons. The van der Waals surface area contributed by atoms with Crippen molar-refractivity contribution in [3.63, 3.8) is 0 Å². The van der Waals surface area contributed by atoms with Crippen molar-refractivity contribution in [3.8, 4) is 11.5 Å². The highest BCUT2D eigenvalue weighted by atomic mass is 32.2. The maximum atomic E-state index is 12.7. The van der Waals surface area contributed by atoms with Crippen molar-refractivity contribution in [1.29, 1.82) is 0 Å². The topological polar surface area (TPSA) is 97.6 Å². The number of nitrogens with one attached hydrogen (secondary N) is 1. The maximum absolute atomic E-state index is 12.7. The van der Waals surface area contributed by atoms with Crippen LogP contribution in [0.2, 0.25) is 0 Å². The first-order valence-electron chi connectivity index (χ1n) is 8.88. The zero-order chi connectivity index (χ0) is 19.6. The number of rotatable bonds is 5. The summed E-state index contributed by atoms with van der Waals surface area (Å²) in [6.07, 6.45) is 0. The van der Waals surface area contributed by atoms with E-state index in [0.717, 1.165) is 11.3 Å². The molecule has 0 unspecified atom stereocenters. The van der Waals surface area contributed by atoms with Crippen molar-refractivity contribution in [3.05, 3.63) is 54.1 Å². The Kier molecular flexibility index (Phi) is 5.12. The van der Waals surface area contributed by atoms with E-state index >= 15 is 0 Å². The average molecular weight is 400 g/mol. The Labute approximate surface area is 163 Å². The summed E-state index contributed by atoms with van der Waals surface area (Å²) < 4.78 is 37.7. The van der Waals surface area contributed by atoms with Crippen LogP contribution < -0.4 is 5.32 Å². The van der Waals surface area contributed by atoms with Gasteiger partial charge in [0.1, 0.15) is 0 Å². The maximum Gasteiger partial charge on any atom is 0.320 e. The summed E-state index contributed by atoms with van der Waals surface area (Å²) in [5.74, 6) is 0.311. The van der Waals surface area contributed by atoms with E-state index in [1.165, 1.54) is 4.31 Å². The van der Waals surface area contributed by atoms with Crippen LogP contribution in [0.1, 0.15) is 5.56 Å². The number of benzene rings is 2. The highest BCUT2D eigenvalue weighted by Crippen LogP contribution is 2.25. The third kappa shape index (κ3) is 3.91. The van der Waals surface area contributed by atoms with Crippen LogP contribution in [-0.2, 0) is 14.8 Å². The number of nitrogens with zero attached hydrogens (tertiary/aromatic N) is 3. The number of aromatic nitrogens is 2. The van der Waals surface area contributed by atoms with Gasteiger partial charge in [0.25, 0.3) is 0 Å². The van der Waals surface area contributed by atoms with E-state index < -0.39 is 10.0 Å². The minimum absolute atomic E-state index is 0.232. The molecule has 2 heterocycles. The number of hydrogen-bond acceptors (Lipinski definition) is 7. The van der Waals surface area contributed by atoms with Crippen molar-refractivity contribution in [2.45, 2.75) is 11.8 Å². The fourth-order valence-corrected chi connectivity index (χ4v) is 4.35. The van der Waals surface area contributed by atoms with Gasteiger partial charge in [-0.3, -0.25) is 0 Å². The molecule has 0 aliphatic carbocycles. The van der Waals surface area contributed by atoms with E-state index in [9.17, 15) is 8.42 Å². The summed E-state index contributed by atoms with van der Waals surface area (Å²) in [5.41, 5.74) is 2.61. The van der Waals surface area contributed by atoms with Gasteiger partial charge in [0.15, 0.2) is 0 Å². The molecule has 0 radical (unpaired) electrons. The van der Waals surface area contributed by atoms with Gasteiger partial charge in [0.2, 0.25) is 15.9 Å². The lowest BCUT2D eigenvalue weighted by Gasteiger charge is -2.26. The Bertz CT molecular complexity index is 1060. The van der Waals surface area contributed by atoms with E-state index in [2.05, 4.69) is 15.5 Å². The Hall–Kier alpha value is -2.75. The van der Waals surface area contributed by atoms with Crippen LogP contribution in [0.4, 0.5) is 11.7 Å². The zero-order valence-corrected chi connectivity index (χ0v) is 16.1. The summed E-state index contributed by atoms with van der Waals surface area (Å²) in [6, 6.07) is 14.5. The van der Waals surface area contributed by atoms with E-state index in [1.807, 2.05) is 31.2 Å². The summed E-state index contributed by atoms with van der Waals surface area (Å²) in [4.78, 5) is 0.232. The van der Waals surface area contributed by atoms with Crippen LogP contribution in [0, 0.1) is 6.92 Å². The van der Waals surface area contributed by atoms with Gasteiger partial charge >= 0.3 is 6.01 Å². The number of anilines is 2. The van der Waals surface area contributed by atoms with Crippen molar-refractivity contribution in [2.24, 2.45) is 0 Å². The monoisotopic (exact) mass is 400 g/mol. The van der Waals surface area contributed by atoms with Gasteiger partial charge in [-0.1, -0.05) is 17.2 Å². The van der Waals surface area contributed by atoms with Crippen molar-refractivity contribution in [2.75, 3.05) is 31.6 Å². The van der Waals surface area contributed by atoms with Crippen LogP contribution in [0.15, 0.2) is 57.8 Å². The normalized spacial score (nSPS) is 15.5. The lowest BCUT2D eigenvalue weighted by atomic mass is 10.2. The first-order valence-corrected chi connectivity index (χ1v) is 10.3. The van der Waals surface area contributed by atoms with Crippen LogP contribution >= 0.6 is 0 Å². The molecule has 9 heteroatoms. The van der Waals surface area contributed by atoms with Gasteiger partial charge in [0, 0.05) is 24.3 Å². The Balaban J connectivity index is 1.50. The highest BCUT2D eigenvalue weighted by molar-refractivity contribution is 7.89. The second-order valence-electron chi connectivity index (χ2n) is 6.45. The molecule has 28 heavy (non-hydrogen) atoms. The lowest BCUT2D eigenvalue weighted by Crippen LogP contribution is -2.40. The number of ether oxygens (including phenoxy) is 1. The first-order chi connectivity index (χ1) is 13.5. The summed E-state index contributed by atoms with van der Waals surface area (Å²) in [6.45, 7) is 3.55. The molecule has 0 bridgehead atoms. The second kappa shape index (κ2) is 7.70. The van der Waals surface area contributed by atoms with E-state index in [0.29, 0.717) is 37.8 Å². The number of sulfonamides is 1. The number of hydrogen-bond donors (Lipinski definition) is 1. The van der Waals surface area contributed by atoms with Crippen LogP contribution in [-0.4, -0.2) is 49.2 Å². The van der Waals surface area contributed by atoms with Gasteiger partial charge in [0.05, 0.1) is 18.1 Å². The Morgan fingerprint density at radius 1 is 1.04 bits per heavy atom. The SMILES string of the molecule is Cc1cccc(Nc2nnc(-c3ccc(S(=O)(=O)N4CCOCC4)cc3)o2)c1. The third-order valence-electron chi connectivity index (χ3n) is 4.40. The van der Waals surface area contributed by atoms with Crippen LogP contribution in [0.5, 0.6) is 0 Å². The van der Waals surface area contributed by atoms with Gasteiger partial charge in [-0.25, -0.2) is 8.42 Å². The Morgan fingerprint density at radius 3 is 2.50 bits per heavy atom. The van der Waals surface area contributed by atoms with Crippen molar-refractivity contribution >= 4 is 21.7 Å². The minimum atomic E-state index is -3.53. The molecule has 3 aromatic rings. The molecule has 2 aromatic carbocycles. The van der Waals surface area contributed by atoms with Crippen LogP contribution in [0.25, 0.3) is 11.5 Å². The zero-order valence-electron chi connectivity index (χ0n) is 15.3. The molecular formula is C19H20N4O4S. The van der Waals surface area contributed by atoms with Gasteiger partial charge < -0.3 is 14.5 Å². The summed E-state index contributed by atoms with van der Waals surface area (Å²) >= 11 is 0. The molecule has 1 aliphatic heterocycles. The second-order valence-corrected chi connectivity index (χ2v) is 8.39. The van der Waals surface area contributed by atoms with Crippen molar-refractivity contribution < 1.29 is 17.6 Å². The first kappa shape index (κ1) is 18.6. The van der Waals surface area contributed by atoms with E-state index in [4.69, 9.17) is 9.15 Å². The molecule has 0 spiro atoms. The smallest absolute Gasteiger partial charge is 0.320 e. The molecule has 0 amide bonds. The molecule has 1 aromatic heterocycles. The number of aryl methyl sites for hydroxylation is 1. The fraction of sp³-hybridized carbons (Fsp3) is 0.263. The molecular weight excluding hydrogens is 380 g/mol. The predicted octanol–water partition coefficient (Wildman–Crippen LogP) is 2.81. The van der Waals surface area contributed by atoms with E-state index in [-0.39, 0.29) is 10.9 Å². The van der Waals surface area contributed by atoms with Gasteiger partial charge in [-0.05, 0) is 48.9 Å². The van der Waals surface area contributed by atoms with Gasteiger partial charge in [-0.2, -0.15) is 4.31 Å². The van der Waals surface area contributed by atoms with Crippen LogP contribution in [0.3, 0.4) is 0 Å². The lowest BCUT2D eigenvalue weighted by molar-refractivity contribution is 0.0730. The molecule has 8 nitrogen and oxygen atoms in total. The molecule has 1 saturated heterocycles. The molecule has 0 atom stereocenters. The summed E-state index contributed by atoms with van der Waals surface area (Å²) in [5, 5.41) is 11.1. The Morgan fingerprint density at radius 2 is 1.79 bits per heavy atom. The molecule has 1 fully saturated rings. The minimum Gasteiger partial charge on any atom is -0.403 e. The third-order valence-corrected chi connectivity index (χ3v) is 6.32. The average Bonchev–Trinajstić information content (AvgIpc) is 3.17. The molecule has 1 N–H and O–H groups in total. The fourth-order valence-electron chi connectivity index (χ4n) is 2.94. The molecule has 4 rings (SSSR count).